The highest BCUT2D eigenvalue weighted by Crippen LogP contribution is 2.66. The average molecular weight is 346 g/mol. The summed E-state index contributed by atoms with van der Waals surface area (Å²) in [6.07, 6.45) is 11.7. The minimum Gasteiger partial charge on any atom is -0.395 e. The number of fused-ring (bicyclic) bond motifs is 5. The highest BCUT2D eigenvalue weighted by molar-refractivity contribution is 5.31. The Morgan fingerprint density at radius 1 is 1.16 bits per heavy atom. The van der Waals surface area contributed by atoms with Gasteiger partial charge >= 0.3 is 0 Å². The van der Waals surface area contributed by atoms with Crippen molar-refractivity contribution >= 4 is 0 Å². The molecule has 0 heterocycles. The molecule has 138 valence electrons. The Labute approximate surface area is 150 Å². The Balaban J connectivity index is 1.77. The van der Waals surface area contributed by atoms with Gasteiger partial charge in [-0.1, -0.05) is 24.5 Å². The Morgan fingerprint density at radius 2 is 1.88 bits per heavy atom. The van der Waals surface area contributed by atoms with Gasteiger partial charge in [0.05, 0.1) is 18.8 Å². The Morgan fingerprint density at radius 3 is 2.56 bits per heavy atom. The SMILES string of the molecule is C#C[C@]1(O)CCC2C3C(O)C=C4C[C@H](O)CC[C@]4(CO)C3CC[C@@]21C. The third kappa shape index (κ3) is 2.10. The number of aliphatic hydroxyl groups excluding tert-OH is 3. The fraction of sp³-hybridized carbons (Fsp3) is 0.810. The molecule has 4 N–H and O–H groups in total. The van der Waals surface area contributed by atoms with E-state index in [4.69, 9.17) is 6.42 Å². The minimum atomic E-state index is -1.10. The first kappa shape index (κ1) is 17.5. The maximum atomic E-state index is 11.0. The predicted octanol–water partition coefficient (Wildman–Crippen LogP) is 1.62. The molecular weight excluding hydrogens is 316 g/mol. The van der Waals surface area contributed by atoms with Crippen molar-refractivity contribution < 1.29 is 20.4 Å². The number of terminal acetylenes is 1. The quantitative estimate of drug-likeness (QED) is 0.430. The van der Waals surface area contributed by atoms with Crippen LogP contribution in [-0.2, 0) is 0 Å². The second kappa shape index (κ2) is 5.57. The average Bonchev–Trinajstić information content (AvgIpc) is 2.87. The maximum absolute atomic E-state index is 11.0. The van der Waals surface area contributed by atoms with Crippen molar-refractivity contribution in [1.29, 1.82) is 0 Å². The molecule has 3 saturated carbocycles. The Bertz CT molecular complexity index is 636. The summed E-state index contributed by atoms with van der Waals surface area (Å²) in [6, 6.07) is 0. The zero-order valence-electron chi connectivity index (χ0n) is 15.0. The van der Waals surface area contributed by atoms with Crippen LogP contribution in [0.15, 0.2) is 11.6 Å². The van der Waals surface area contributed by atoms with Gasteiger partial charge in [0.1, 0.15) is 5.60 Å². The molecule has 4 aliphatic rings. The van der Waals surface area contributed by atoms with Crippen LogP contribution in [0.25, 0.3) is 0 Å². The highest BCUT2D eigenvalue weighted by Gasteiger charge is 2.65. The van der Waals surface area contributed by atoms with Crippen LogP contribution in [0.5, 0.6) is 0 Å². The van der Waals surface area contributed by atoms with Gasteiger partial charge in [-0.15, -0.1) is 6.42 Å². The largest absolute Gasteiger partial charge is 0.395 e. The molecule has 4 heteroatoms. The van der Waals surface area contributed by atoms with Crippen molar-refractivity contribution in [2.75, 3.05) is 6.61 Å². The molecule has 0 radical (unpaired) electrons. The molecule has 0 amide bonds. The summed E-state index contributed by atoms with van der Waals surface area (Å²) in [5.74, 6) is 3.03. The molecule has 0 aromatic carbocycles. The first-order valence-electron chi connectivity index (χ1n) is 9.70. The van der Waals surface area contributed by atoms with E-state index >= 15 is 0 Å². The lowest BCUT2D eigenvalue weighted by atomic mass is 9.46. The topological polar surface area (TPSA) is 80.9 Å². The molecule has 0 bridgehead atoms. The molecule has 0 saturated heterocycles. The van der Waals surface area contributed by atoms with Gasteiger partial charge in [0.25, 0.3) is 0 Å². The van der Waals surface area contributed by atoms with Crippen molar-refractivity contribution in [3.63, 3.8) is 0 Å². The Kier molecular flexibility index (Phi) is 3.91. The molecule has 8 atom stereocenters. The van der Waals surface area contributed by atoms with Crippen LogP contribution in [-0.4, -0.2) is 44.8 Å². The fourth-order valence-electron chi connectivity index (χ4n) is 6.99. The predicted molar refractivity (Wildman–Crippen MR) is 94.3 cm³/mol. The molecular formula is C21H30O4. The molecule has 4 unspecified atom stereocenters. The summed E-state index contributed by atoms with van der Waals surface area (Å²) >= 11 is 0. The molecule has 4 aliphatic carbocycles. The summed E-state index contributed by atoms with van der Waals surface area (Å²) in [5.41, 5.74) is -0.751. The van der Waals surface area contributed by atoms with Crippen LogP contribution in [0.2, 0.25) is 0 Å². The van der Waals surface area contributed by atoms with E-state index in [-0.39, 0.29) is 41.3 Å². The second-order valence-corrected chi connectivity index (χ2v) is 9.18. The lowest BCUT2D eigenvalue weighted by Crippen LogP contribution is -2.58. The summed E-state index contributed by atoms with van der Waals surface area (Å²) in [7, 11) is 0. The van der Waals surface area contributed by atoms with E-state index in [1.807, 2.05) is 6.08 Å². The van der Waals surface area contributed by atoms with E-state index in [0.717, 1.165) is 31.3 Å². The van der Waals surface area contributed by atoms with E-state index in [1.54, 1.807) is 0 Å². The normalized spacial score (nSPS) is 54.7. The van der Waals surface area contributed by atoms with Gasteiger partial charge in [0.15, 0.2) is 0 Å². The molecule has 4 nitrogen and oxygen atoms in total. The number of rotatable bonds is 1. The summed E-state index contributed by atoms with van der Waals surface area (Å²) in [4.78, 5) is 0. The van der Waals surface area contributed by atoms with Crippen LogP contribution in [0.1, 0.15) is 51.9 Å². The number of hydrogen-bond acceptors (Lipinski definition) is 4. The highest BCUT2D eigenvalue weighted by atomic mass is 16.3. The standard InChI is InChI=1S/C21H30O4/c1-3-21(25)9-6-15-18-16(5-7-19(15,21)2)20(12-22)8-4-14(23)10-13(20)11-17(18)24/h1,11,14-18,22-25H,4-10,12H2,2H3/t14-,15?,16?,17?,18?,19+,20-,21+/m1/s1. The Hall–Kier alpha value is -0.860. The van der Waals surface area contributed by atoms with E-state index in [2.05, 4.69) is 12.8 Å². The van der Waals surface area contributed by atoms with E-state index < -0.39 is 11.7 Å². The third-order valence-corrected chi connectivity index (χ3v) is 8.50. The van der Waals surface area contributed by atoms with E-state index in [9.17, 15) is 20.4 Å². The van der Waals surface area contributed by atoms with Crippen molar-refractivity contribution in [3.8, 4) is 12.3 Å². The van der Waals surface area contributed by atoms with Gasteiger partial charge < -0.3 is 20.4 Å². The van der Waals surface area contributed by atoms with Gasteiger partial charge in [-0.3, -0.25) is 0 Å². The summed E-state index contributed by atoms with van der Waals surface area (Å²) in [6.45, 7) is 2.16. The smallest absolute Gasteiger partial charge is 0.130 e. The van der Waals surface area contributed by atoms with Crippen LogP contribution in [0, 0.1) is 40.9 Å². The zero-order valence-corrected chi connectivity index (χ0v) is 15.0. The number of aliphatic hydroxyl groups is 4. The molecule has 0 aromatic rings. The zero-order chi connectivity index (χ0) is 18.0. The van der Waals surface area contributed by atoms with Crippen LogP contribution in [0.3, 0.4) is 0 Å². The van der Waals surface area contributed by atoms with Crippen molar-refractivity contribution in [2.24, 2.45) is 28.6 Å². The first-order valence-corrected chi connectivity index (χ1v) is 9.70. The van der Waals surface area contributed by atoms with Crippen LogP contribution in [0.4, 0.5) is 0 Å². The molecule has 3 fully saturated rings. The lowest BCUT2D eigenvalue weighted by Gasteiger charge is -2.59. The monoisotopic (exact) mass is 346 g/mol. The molecule has 25 heavy (non-hydrogen) atoms. The van der Waals surface area contributed by atoms with Gasteiger partial charge in [-0.05, 0) is 62.7 Å². The van der Waals surface area contributed by atoms with E-state index in [1.165, 1.54) is 0 Å². The fourth-order valence-corrected chi connectivity index (χ4v) is 6.99. The van der Waals surface area contributed by atoms with Gasteiger partial charge in [0.2, 0.25) is 0 Å². The maximum Gasteiger partial charge on any atom is 0.130 e. The molecule has 0 spiro atoms. The van der Waals surface area contributed by atoms with Gasteiger partial charge in [-0.25, -0.2) is 0 Å². The van der Waals surface area contributed by atoms with Crippen molar-refractivity contribution in [1.82, 2.24) is 0 Å². The molecule has 0 aliphatic heterocycles. The summed E-state index contributed by atoms with van der Waals surface area (Å²) < 4.78 is 0. The first-order chi connectivity index (χ1) is 11.8. The third-order valence-electron chi connectivity index (χ3n) is 8.50. The van der Waals surface area contributed by atoms with Crippen LogP contribution < -0.4 is 0 Å². The van der Waals surface area contributed by atoms with Crippen LogP contribution >= 0.6 is 0 Å². The van der Waals surface area contributed by atoms with Crippen molar-refractivity contribution in [3.05, 3.63) is 11.6 Å². The number of hydrogen-bond donors (Lipinski definition) is 4. The molecule has 4 rings (SSSR count). The molecule has 0 aromatic heterocycles. The van der Waals surface area contributed by atoms with Gasteiger partial charge in [-0.2, -0.15) is 0 Å². The van der Waals surface area contributed by atoms with E-state index in [0.29, 0.717) is 19.3 Å². The summed E-state index contributed by atoms with van der Waals surface area (Å²) in [5, 5.41) is 42.4. The lowest BCUT2D eigenvalue weighted by molar-refractivity contribution is -0.134. The van der Waals surface area contributed by atoms with Crippen molar-refractivity contribution in [2.45, 2.75) is 69.7 Å². The minimum absolute atomic E-state index is 0.0206. The second-order valence-electron chi connectivity index (χ2n) is 9.18. The van der Waals surface area contributed by atoms with Gasteiger partial charge in [0, 0.05) is 10.8 Å².